The Morgan fingerprint density at radius 1 is 1.23 bits per heavy atom. The molecule has 0 aromatic carbocycles. The summed E-state index contributed by atoms with van der Waals surface area (Å²) in [5.74, 6) is 1.50. The molecule has 13 heavy (non-hydrogen) atoms. The maximum Gasteiger partial charge on any atom is 0.0491 e. The highest BCUT2D eigenvalue weighted by atomic mass is 35.5. The van der Waals surface area contributed by atoms with E-state index in [1.165, 1.54) is 19.3 Å². The van der Waals surface area contributed by atoms with Crippen LogP contribution in [0.1, 0.15) is 46.0 Å². The highest BCUT2D eigenvalue weighted by molar-refractivity contribution is 6.17. The fourth-order valence-corrected chi connectivity index (χ4v) is 1.53. The Kier molecular flexibility index (Phi) is 10.5. The molecule has 0 fully saturated rings. The zero-order valence-corrected chi connectivity index (χ0v) is 9.78. The van der Waals surface area contributed by atoms with Crippen LogP contribution in [-0.2, 0) is 4.74 Å². The molecule has 0 aliphatic carbocycles. The molecule has 1 unspecified atom stereocenters. The molecule has 0 bridgehead atoms. The van der Waals surface area contributed by atoms with Gasteiger partial charge in [0.05, 0.1) is 0 Å². The van der Waals surface area contributed by atoms with Crippen LogP contribution >= 0.6 is 11.6 Å². The van der Waals surface area contributed by atoms with Crippen LogP contribution in [-0.4, -0.2) is 19.1 Å². The van der Waals surface area contributed by atoms with Crippen LogP contribution in [0.15, 0.2) is 0 Å². The third-order valence-electron chi connectivity index (χ3n) is 2.11. The summed E-state index contributed by atoms with van der Waals surface area (Å²) in [7, 11) is 0. The molecule has 0 amide bonds. The standard InChI is InChI=1S/C11H23ClO/c1-3-7-11(2)10-13-9-6-4-5-8-12/h11H,3-10H2,1-2H3. The van der Waals surface area contributed by atoms with Gasteiger partial charge in [-0.25, -0.2) is 0 Å². The molecule has 0 aliphatic rings. The lowest BCUT2D eigenvalue weighted by atomic mass is 10.1. The number of alkyl halides is 1. The van der Waals surface area contributed by atoms with Gasteiger partial charge < -0.3 is 4.74 Å². The van der Waals surface area contributed by atoms with E-state index in [9.17, 15) is 0 Å². The molecule has 0 N–H and O–H groups in total. The third kappa shape index (κ3) is 10.2. The predicted octanol–water partition coefficient (Wildman–Crippen LogP) is 3.85. The molecular formula is C11H23ClO. The van der Waals surface area contributed by atoms with Crippen molar-refractivity contribution in [2.45, 2.75) is 46.0 Å². The SMILES string of the molecule is CCCC(C)COCCCCCCl. The second-order valence-corrected chi connectivity index (χ2v) is 4.10. The first-order chi connectivity index (χ1) is 6.31. The molecule has 0 aromatic rings. The second kappa shape index (κ2) is 10.3. The lowest BCUT2D eigenvalue weighted by molar-refractivity contribution is 0.0986. The van der Waals surface area contributed by atoms with Gasteiger partial charge in [-0.15, -0.1) is 11.6 Å². The van der Waals surface area contributed by atoms with Crippen LogP contribution in [0.3, 0.4) is 0 Å². The van der Waals surface area contributed by atoms with E-state index in [-0.39, 0.29) is 0 Å². The largest absolute Gasteiger partial charge is 0.381 e. The summed E-state index contributed by atoms with van der Waals surface area (Å²) < 4.78 is 5.55. The van der Waals surface area contributed by atoms with E-state index in [1.807, 2.05) is 0 Å². The molecule has 0 saturated heterocycles. The molecule has 2 heteroatoms. The third-order valence-corrected chi connectivity index (χ3v) is 2.37. The fraction of sp³-hybridized carbons (Fsp3) is 1.00. The van der Waals surface area contributed by atoms with E-state index in [0.29, 0.717) is 0 Å². The highest BCUT2D eigenvalue weighted by Gasteiger charge is 1.99. The first kappa shape index (κ1) is 13.2. The maximum atomic E-state index is 5.57. The summed E-state index contributed by atoms with van der Waals surface area (Å²) in [6.45, 7) is 6.30. The maximum absolute atomic E-state index is 5.57. The van der Waals surface area contributed by atoms with Gasteiger partial charge in [-0.05, 0) is 31.6 Å². The minimum Gasteiger partial charge on any atom is -0.381 e. The zero-order valence-electron chi connectivity index (χ0n) is 9.02. The number of halogens is 1. The minimum atomic E-state index is 0.720. The Hall–Kier alpha value is 0.250. The van der Waals surface area contributed by atoms with Gasteiger partial charge in [0, 0.05) is 19.1 Å². The van der Waals surface area contributed by atoms with Crippen molar-refractivity contribution < 1.29 is 4.74 Å². The Labute approximate surface area is 87.8 Å². The Morgan fingerprint density at radius 2 is 2.00 bits per heavy atom. The molecule has 0 spiro atoms. The van der Waals surface area contributed by atoms with Crippen LogP contribution in [0, 0.1) is 5.92 Å². The Bertz CT molecular complexity index is 96.1. The van der Waals surface area contributed by atoms with Crippen LogP contribution in [0.4, 0.5) is 0 Å². The summed E-state index contributed by atoms with van der Waals surface area (Å²) in [5, 5.41) is 0. The summed E-state index contributed by atoms with van der Waals surface area (Å²) >= 11 is 5.57. The lowest BCUT2D eigenvalue weighted by Gasteiger charge is -2.10. The van der Waals surface area contributed by atoms with E-state index in [1.54, 1.807) is 0 Å². The van der Waals surface area contributed by atoms with Crippen molar-refractivity contribution in [2.24, 2.45) is 5.92 Å². The van der Waals surface area contributed by atoms with Crippen molar-refractivity contribution in [3.8, 4) is 0 Å². The van der Waals surface area contributed by atoms with Gasteiger partial charge in [-0.2, -0.15) is 0 Å². The number of hydrogen-bond acceptors (Lipinski definition) is 1. The van der Waals surface area contributed by atoms with Crippen LogP contribution < -0.4 is 0 Å². The quantitative estimate of drug-likeness (QED) is 0.411. The average molecular weight is 207 g/mol. The molecule has 1 nitrogen and oxygen atoms in total. The average Bonchev–Trinajstić information content (AvgIpc) is 2.11. The van der Waals surface area contributed by atoms with Crippen molar-refractivity contribution >= 4 is 11.6 Å². The van der Waals surface area contributed by atoms with Crippen molar-refractivity contribution in [2.75, 3.05) is 19.1 Å². The number of hydrogen-bond donors (Lipinski definition) is 0. The highest BCUT2D eigenvalue weighted by Crippen LogP contribution is 2.05. The van der Waals surface area contributed by atoms with Gasteiger partial charge >= 0.3 is 0 Å². The lowest BCUT2D eigenvalue weighted by Crippen LogP contribution is -2.06. The molecule has 0 aliphatic heterocycles. The van der Waals surface area contributed by atoms with Gasteiger partial charge in [0.2, 0.25) is 0 Å². The summed E-state index contributed by atoms with van der Waals surface area (Å²) in [4.78, 5) is 0. The Balaban J connectivity index is 2.97. The van der Waals surface area contributed by atoms with Crippen LogP contribution in [0.5, 0.6) is 0 Å². The molecule has 0 saturated carbocycles. The molecule has 80 valence electrons. The molecular weight excluding hydrogens is 184 g/mol. The predicted molar refractivity (Wildman–Crippen MR) is 59.5 cm³/mol. The fourth-order valence-electron chi connectivity index (χ4n) is 1.34. The number of rotatable bonds is 9. The summed E-state index contributed by atoms with van der Waals surface area (Å²) in [5.41, 5.74) is 0. The van der Waals surface area contributed by atoms with Crippen molar-refractivity contribution in [3.63, 3.8) is 0 Å². The van der Waals surface area contributed by atoms with Crippen molar-refractivity contribution in [3.05, 3.63) is 0 Å². The summed E-state index contributed by atoms with van der Waals surface area (Å²) in [6.07, 6.45) is 6.02. The molecule has 0 aromatic heterocycles. The van der Waals surface area contributed by atoms with E-state index in [0.717, 1.165) is 37.9 Å². The molecule has 0 radical (unpaired) electrons. The minimum absolute atomic E-state index is 0.720. The van der Waals surface area contributed by atoms with E-state index in [2.05, 4.69) is 13.8 Å². The van der Waals surface area contributed by atoms with Crippen molar-refractivity contribution in [1.29, 1.82) is 0 Å². The Morgan fingerprint density at radius 3 is 2.62 bits per heavy atom. The van der Waals surface area contributed by atoms with E-state index in [4.69, 9.17) is 16.3 Å². The number of ether oxygens (including phenoxy) is 1. The molecule has 0 rings (SSSR count). The van der Waals surface area contributed by atoms with Crippen LogP contribution in [0.25, 0.3) is 0 Å². The topological polar surface area (TPSA) is 9.23 Å². The number of unbranched alkanes of at least 4 members (excludes halogenated alkanes) is 2. The monoisotopic (exact) mass is 206 g/mol. The zero-order chi connectivity index (χ0) is 9.94. The summed E-state index contributed by atoms with van der Waals surface area (Å²) in [6, 6.07) is 0. The second-order valence-electron chi connectivity index (χ2n) is 3.72. The first-order valence-electron chi connectivity index (χ1n) is 5.45. The molecule has 0 heterocycles. The van der Waals surface area contributed by atoms with E-state index < -0.39 is 0 Å². The van der Waals surface area contributed by atoms with Gasteiger partial charge in [0.15, 0.2) is 0 Å². The smallest absolute Gasteiger partial charge is 0.0491 e. The van der Waals surface area contributed by atoms with Crippen molar-refractivity contribution in [1.82, 2.24) is 0 Å². The van der Waals surface area contributed by atoms with Gasteiger partial charge in [0.25, 0.3) is 0 Å². The normalized spacial score (nSPS) is 13.2. The van der Waals surface area contributed by atoms with E-state index >= 15 is 0 Å². The first-order valence-corrected chi connectivity index (χ1v) is 5.98. The van der Waals surface area contributed by atoms with Crippen LogP contribution in [0.2, 0.25) is 0 Å². The van der Waals surface area contributed by atoms with Gasteiger partial charge in [-0.3, -0.25) is 0 Å². The molecule has 1 atom stereocenters. The van der Waals surface area contributed by atoms with Gasteiger partial charge in [0.1, 0.15) is 0 Å². The van der Waals surface area contributed by atoms with Gasteiger partial charge in [-0.1, -0.05) is 20.3 Å².